The van der Waals surface area contributed by atoms with Crippen LogP contribution in [-0.2, 0) is 0 Å². The van der Waals surface area contributed by atoms with Gasteiger partial charge in [0.1, 0.15) is 22.3 Å². The Kier molecular flexibility index (Phi) is 6.23. The maximum atomic E-state index is 15.0. The number of hydrogen-bond acceptors (Lipinski definition) is 7. The van der Waals surface area contributed by atoms with E-state index < -0.39 is 11.7 Å². The van der Waals surface area contributed by atoms with E-state index in [4.69, 9.17) is 4.52 Å². The average molecular weight is 536 g/mol. The minimum Gasteiger partial charge on any atom is -0.368 e. The summed E-state index contributed by atoms with van der Waals surface area (Å²) in [4.78, 5) is 22.1. The molecule has 2 bridgehead atoms. The van der Waals surface area contributed by atoms with Crippen LogP contribution in [0.1, 0.15) is 42.4 Å². The number of hydrogen-bond donors (Lipinski definition) is 1. The Balaban J connectivity index is 1.22. The molecule has 1 amide bonds. The first-order valence-electron chi connectivity index (χ1n) is 12.6. The number of amides is 1. The largest absolute Gasteiger partial charge is 0.368 e. The molecule has 2 aromatic heterocycles. The van der Waals surface area contributed by atoms with Gasteiger partial charge in [0.15, 0.2) is 5.76 Å². The molecule has 4 aromatic rings. The molecule has 2 aromatic carbocycles. The highest BCUT2D eigenvalue weighted by Gasteiger charge is 2.42. The molecular weight excluding hydrogens is 508 g/mol. The second-order valence-electron chi connectivity index (χ2n) is 10.2. The molecule has 196 valence electrons. The van der Waals surface area contributed by atoms with Crippen molar-refractivity contribution in [3.8, 4) is 21.9 Å². The van der Waals surface area contributed by atoms with Crippen molar-refractivity contribution >= 4 is 28.6 Å². The first-order valence-corrected chi connectivity index (χ1v) is 13.5. The van der Waals surface area contributed by atoms with Crippen LogP contribution in [0.5, 0.6) is 0 Å². The first-order chi connectivity index (χ1) is 18.3. The third-order valence-electron chi connectivity index (χ3n) is 7.45. The number of carbonyl (C=O) groups excluding carboxylic acids is 1. The van der Waals surface area contributed by atoms with E-state index >= 15 is 0 Å². The van der Waals surface area contributed by atoms with Crippen molar-refractivity contribution in [3.05, 3.63) is 70.9 Å². The summed E-state index contributed by atoms with van der Waals surface area (Å²) in [7, 11) is 2.13. The number of anilines is 2. The maximum absolute atomic E-state index is 15.0. The fourth-order valence-electron chi connectivity index (χ4n) is 5.19. The number of nitrogens with zero attached hydrogens (tertiary/aromatic N) is 4. The van der Waals surface area contributed by atoms with E-state index in [2.05, 4.69) is 32.3 Å². The lowest BCUT2D eigenvalue weighted by Crippen LogP contribution is -2.67. The van der Waals surface area contributed by atoms with Gasteiger partial charge in [-0.15, -0.1) is 11.3 Å². The number of benzene rings is 2. The Morgan fingerprint density at radius 3 is 2.53 bits per heavy atom. The normalized spacial score (nSPS) is 19.1. The molecule has 2 atom stereocenters. The van der Waals surface area contributed by atoms with Crippen LogP contribution in [0.2, 0.25) is 0 Å². The minimum atomic E-state index is -0.508. The van der Waals surface area contributed by atoms with Crippen molar-refractivity contribution in [2.45, 2.75) is 38.3 Å². The number of carbonyl (C=O) groups is 1. The molecule has 10 heteroatoms. The number of aromatic nitrogens is 2. The number of halogens is 2. The molecule has 0 radical (unpaired) electrons. The summed E-state index contributed by atoms with van der Waals surface area (Å²) >= 11 is 1.27. The van der Waals surface area contributed by atoms with Gasteiger partial charge in [-0.05, 0) is 61.9 Å². The molecule has 1 N–H and O–H groups in total. The molecular formula is C28H27F2N5O2S. The molecule has 3 fully saturated rings. The zero-order valence-corrected chi connectivity index (χ0v) is 22.1. The summed E-state index contributed by atoms with van der Waals surface area (Å²) in [5.41, 5.74) is 3.09. The second-order valence-corrected chi connectivity index (χ2v) is 11.1. The van der Waals surface area contributed by atoms with Crippen molar-refractivity contribution in [2.24, 2.45) is 0 Å². The van der Waals surface area contributed by atoms with E-state index in [1.807, 2.05) is 19.9 Å². The maximum Gasteiger partial charge on any atom is 0.275 e. The summed E-state index contributed by atoms with van der Waals surface area (Å²) < 4.78 is 34.1. The van der Waals surface area contributed by atoms with Crippen LogP contribution in [0.15, 0.2) is 52.4 Å². The summed E-state index contributed by atoms with van der Waals surface area (Å²) in [5, 5.41) is 9.05. The van der Waals surface area contributed by atoms with E-state index in [9.17, 15) is 13.6 Å². The molecule has 7 rings (SSSR count). The van der Waals surface area contributed by atoms with Gasteiger partial charge >= 0.3 is 0 Å². The number of nitrogens with one attached hydrogen (secondary N) is 1. The predicted octanol–water partition coefficient (Wildman–Crippen LogP) is 6.01. The Hall–Kier alpha value is -3.63. The Labute approximate surface area is 223 Å². The van der Waals surface area contributed by atoms with Crippen LogP contribution in [-0.4, -0.2) is 53.2 Å². The molecule has 0 aliphatic carbocycles. The summed E-state index contributed by atoms with van der Waals surface area (Å²) in [6, 6.07) is 11.9. The Bertz CT molecular complexity index is 1490. The van der Waals surface area contributed by atoms with Gasteiger partial charge in [-0.1, -0.05) is 19.0 Å². The van der Waals surface area contributed by atoms with Gasteiger partial charge in [0, 0.05) is 41.8 Å². The van der Waals surface area contributed by atoms with E-state index in [1.54, 1.807) is 23.6 Å². The third-order valence-corrected chi connectivity index (χ3v) is 8.31. The highest BCUT2D eigenvalue weighted by molar-refractivity contribution is 7.13. The van der Waals surface area contributed by atoms with Gasteiger partial charge in [-0.3, -0.25) is 9.69 Å². The number of thiazole rings is 1. The number of piperidine rings is 1. The highest BCUT2D eigenvalue weighted by atomic mass is 32.1. The van der Waals surface area contributed by atoms with Crippen LogP contribution in [0.3, 0.4) is 0 Å². The van der Waals surface area contributed by atoms with Gasteiger partial charge < -0.3 is 14.7 Å². The molecule has 2 unspecified atom stereocenters. The molecule has 3 saturated heterocycles. The van der Waals surface area contributed by atoms with Gasteiger partial charge in [0.25, 0.3) is 5.91 Å². The molecule has 3 aliphatic rings. The zero-order chi connectivity index (χ0) is 26.6. The summed E-state index contributed by atoms with van der Waals surface area (Å²) in [5.74, 6) is -0.863. The van der Waals surface area contributed by atoms with Crippen molar-refractivity contribution in [3.63, 3.8) is 0 Å². The lowest BCUT2D eigenvalue weighted by Gasteiger charge is -2.55. The molecule has 7 nitrogen and oxygen atoms in total. The SMILES string of the molecule is CC(C)c1noc(-c2ccc(F)cc2)c1-c1nc(C(=O)Nc2ccc(N3CC4CC(C3)N4C)cc2F)cs1. The van der Waals surface area contributed by atoms with Crippen molar-refractivity contribution in [2.75, 3.05) is 30.4 Å². The third kappa shape index (κ3) is 4.37. The molecule has 0 saturated carbocycles. The topological polar surface area (TPSA) is 74.5 Å². The van der Waals surface area contributed by atoms with Crippen molar-refractivity contribution in [1.29, 1.82) is 0 Å². The fraction of sp³-hybridized carbons (Fsp3) is 0.321. The number of rotatable bonds is 6. The van der Waals surface area contributed by atoms with Crippen LogP contribution in [0.25, 0.3) is 21.9 Å². The zero-order valence-electron chi connectivity index (χ0n) is 21.2. The van der Waals surface area contributed by atoms with E-state index in [1.165, 1.54) is 36.0 Å². The number of piperazine rings is 1. The van der Waals surface area contributed by atoms with Crippen molar-refractivity contribution in [1.82, 2.24) is 15.0 Å². The van der Waals surface area contributed by atoms with E-state index in [0.717, 1.165) is 18.8 Å². The lowest BCUT2D eigenvalue weighted by atomic mass is 9.88. The van der Waals surface area contributed by atoms with E-state index in [0.29, 0.717) is 39.7 Å². The molecule has 38 heavy (non-hydrogen) atoms. The van der Waals surface area contributed by atoms with Gasteiger partial charge in [-0.25, -0.2) is 13.8 Å². The molecule has 3 aliphatic heterocycles. The highest BCUT2D eigenvalue weighted by Crippen LogP contribution is 2.40. The Morgan fingerprint density at radius 1 is 1.13 bits per heavy atom. The van der Waals surface area contributed by atoms with Gasteiger partial charge in [0.2, 0.25) is 0 Å². The van der Waals surface area contributed by atoms with Crippen LogP contribution in [0.4, 0.5) is 20.2 Å². The first kappa shape index (κ1) is 24.7. The van der Waals surface area contributed by atoms with Crippen LogP contribution >= 0.6 is 11.3 Å². The number of fused-ring (bicyclic) bond motifs is 2. The summed E-state index contributed by atoms with van der Waals surface area (Å²) in [6.07, 6.45) is 1.19. The van der Waals surface area contributed by atoms with Gasteiger partial charge in [0.05, 0.1) is 16.9 Å². The lowest BCUT2D eigenvalue weighted by molar-refractivity contribution is 0.0264. The van der Waals surface area contributed by atoms with Crippen molar-refractivity contribution < 1.29 is 18.1 Å². The fourth-order valence-corrected chi connectivity index (χ4v) is 6.04. The summed E-state index contributed by atoms with van der Waals surface area (Å²) in [6.45, 7) is 5.71. The standard InChI is InChI=1S/C28H27F2N5O2S/c1-15(2)25-24(26(37-33-25)16-4-6-17(29)7-5-16)28-32-23(14-38-28)27(36)31-22-9-8-18(11-21(22)30)35-12-19-10-20(13-35)34(19)3/h4-9,11,14-15,19-20H,10,12-13H2,1-3H3,(H,31,36). The van der Waals surface area contributed by atoms with Crippen LogP contribution < -0.4 is 10.2 Å². The quantitative estimate of drug-likeness (QED) is 0.326. The molecule has 0 spiro atoms. The average Bonchev–Trinajstić information content (AvgIpc) is 3.58. The Morgan fingerprint density at radius 2 is 1.87 bits per heavy atom. The number of likely N-dealkylation sites (N-methyl/N-ethyl adjacent to an activating group) is 1. The minimum absolute atomic E-state index is 0.0305. The second kappa shape index (κ2) is 9.59. The molecule has 5 heterocycles. The van der Waals surface area contributed by atoms with Gasteiger partial charge in [-0.2, -0.15) is 0 Å². The monoisotopic (exact) mass is 535 g/mol. The van der Waals surface area contributed by atoms with Crippen LogP contribution in [0, 0.1) is 11.6 Å². The smallest absolute Gasteiger partial charge is 0.275 e. The van der Waals surface area contributed by atoms with E-state index in [-0.39, 0.29) is 23.1 Å². The predicted molar refractivity (Wildman–Crippen MR) is 144 cm³/mol.